The monoisotopic (exact) mass is 152 g/mol. The second kappa shape index (κ2) is 1.53. The summed E-state index contributed by atoms with van der Waals surface area (Å²) in [5.41, 5.74) is -0.373. The Balaban J connectivity index is 2.03. The van der Waals surface area contributed by atoms with E-state index in [1.165, 1.54) is 0 Å². The van der Waals surface area contributed by atoms with Gasteiger partial charge in [0.05, 0.1) is 6.61 Å². The fourth-order valence-electron chi connectivity index (χ4n) is 2.79. The molecule has 0 spiro atoms. The maximum absolute atomic E-state index is 11.6. The zero-order chi connectivity index (χ0) is 7.64. The number of rotatable bonds is 0. The highest BCUT2D eigenvalue weighted by atomic mass is 16.5. The van der Waals surface area contributed by atoms with Crippen molar-refractivity contribution in [3.05, 3.63) is 0 Å². The van der Waals surface area contributed by atoms with Gasteiger partial charge in [-0.05, 0) is 31.6 Å². The molecule has 3 fully saturated rings. The number of ether oxygens (including phenoxy) is 1. The largest absolute Gasteiger partial charge is 0.367 e. The summed E-state index contributed by atoms with van der Waals surface area (Å²) in [6, 6.07) is 0. The number of carbonyl (C=O) groups is 1. The Morgan fingerprint density at radius 1 is 1.64 bits per heavy atom. The molecule has 11 heavy (non-hydrogen) atoms. The molecular formula is C9H12O2. The average Bonchev–Trinajstić information content (AvgIpc) is 2.69. The van der Waals surface area contributed by atoms with Crippen LogP contribution in [0.1, 0.15) is 19.8 Å². The molecule has 4 atom stereocenters. The standard InChI is InChI=1S/C9H12O2/c1-9-3-5(4-11-9)6-2-7(6)8(9)10/h5-7H,2-4H2,1H3/t5-,6+,7+,9-/m0/s1. The number of fused-ring (bicyclic) bond motifs is 4. The molecule has 0 unspecified atom stereocenters. The fourth-order valence-corrected chi connectivity index (χ4v) is 2.79. The minimum atomic E-state index is -0.373. The van der Waals surface area contributed by atoms with Crippen molar-refractivity contribution >= 4 is 5.78 Å². The Hall–Kier alpha value is -0.370. The van der Waals surface area contributed by atoms with Gasteiger partial charge in [0.15, 0.2) is 5.78 Å². The molecule has 2 nitrogen and oxygen atoms in total. The van der Waals surface area contributed by atoms with Crippen LogP contribution in [0.5, 0.6) is 0 Å². The smallest absolute Gasteiger partial charge is 0.167 e. The fraction of sp³-hybridized carbons (Fsp3) is 0.889. The van der Waals surface area contributed by atoms with Crippen molar-refractivity contribution in [2.45, 2.75) is 25.4 Å². The molecule has 0 N–H and O–H groups in total. The van der Waals surface area contributed by atoms with Gasteiger partial charge in [-0.2, -0.15) is 0 Å². The molecule has 2 saturated carbocycles. The van der Waals surface area contributed by atoms with E-state index in [9.17, 15) is 4.79 Å². The van der Waals surface area contributed by atoms with Gasteiger partial charge in [0, 0.05) is 5.92 Å². The van der Waals surface area contributed by atoms with Crippen LogP contribution in [0, 0.1) is 17.8 Å². The lowest BCUT2D eigenvalue weighted by atomic mass is 9.81. The zero-order valence-electron chi connectivity index (χ0n) is 6.67. The highest BCUT2D eigenvalue weighted by molar-refractivity contribution is 5.93. The summed E-state index contributed by atoms with van der Waals surface area (Å²) < 4.78 is 5.53. The number of hydrogen-bond donors (Lipinski definition) is 0. The van der Waals surface area contributed by atoms with E-state index in [4.69, 9.17) is 4.74 Å². The van der Waals surface area contributed by atoms with Crippen LogP contribution in [0.3, 0.4) is 0 Å². The first-order chi connectivity index (χ1) is 5.21. The molecule has 1 aliphatic heterocycles. The summed E-state index contributed by atoms with van der Waals surface area (Å²) >= 11 is 0. The summed E-state index contributed by atoms with van der Waals surface area (Å²) in [7, 11) is 0. The quantitative estimate of drug-likeness (QED) is 0.517. The van der Waals surface area contributed by atoms with Crippen molar-refractivity contribution in [1.82, 2.24) is 0 Å². The van der Waals surface area contributed by atoms with Crippen LogP contribution in [0.2, 0.25) is 0 Å². The van der Waals surface area contributed by atoms with Gasteiger partial charge >= 0.3 is 0 Å². The predicted molar refractivity (Wildman–Crippen MR) is 39.1 cm³/mol. The molecule has 0 aromatic heterocycles. The summed E-state index contributed by atoms with van der Waals surface area (Å²) in [6.07, 6.45) is 2.15. The molecule has 0 radical (unpaired) electrons. The Kier molecular flexibility index (Phi) is 0.861. The number of carbonyl (C=O) groups excluding carboxylic acids is 1. The van der Waals surface area contributed by atoms with Crippen LogP contribution in [0.4, 0.5) is 0 Å². The third-order valence-corrected chi connectivity index (χ3v) is 3.57. The third kappa shape index (κ3) is 0.598. The van der Waals surface area contributed by atoms with Crippen LogP contribution in [-0.2, 0) is 9.53 Å². The summed E-state index contributed by atoms with van der Waals surface area (Å²) in [6.45, 7) is 2.80. The number of Topliss-reactive ketones (excluding diaryl/α,β-unsaturated/α-hetero) is 1. The Morgan fingerprint density at radius 3 is 3.27 bits per heavy atom. The summed E-state index contributed by atoms with van der Waals surface area (Å²) in [5, 5.41) is 0. The van der Waals surface area contributed by atoms with Crippen LogP contribution < -0.4 is 0 Å². The van der Waals surface area contributed by atoms with Gasteiger partial charge in [0.1, 0.15) is 5.60 Å². The lowest BCUT2D eigenvalue weighted by Gasteiger charge is -2.24. The highest BCUT2D eigenvalue weighted by Gasteiger charge is 2.62. The first kappa shape index (κ1) is 6.18. The van der Waals surface area contributed by atoms with Crippen LogP contribution in [0.25, 0.3) is 0 Å². The molecule has 2 heteroatoms. The van der Waals surface area contributed by atoms with E-state index in [1.807, 2.05) is 6.92 Å². The molecule has 2 aliphatic carbocycles. The number of hydrogen-bond acceptors (Lipinski definition) is 2. The van der Waals surface area contributed by atoms with Crippen molar-refractivity contribution in [3.8, 4) is 0 Å². The first-order valence-electron chi connectivity index (χ1n) is 4.39. The first-order valence-corrected chi connectivity index (χ1v) is 4.39. The van der Waals surface area contributed by atoms with Gasteiger partial charge in [0.25, 0.3) is 0 Å². The SMILES string of the molecule is C[C@@]12C[C@@H](CO1)[C@H]1C[C@H]1C2=O. The summed E-state index contributed by atoms with van der Waals surface area (Å²) in [4.78, 5) is 11.6. The molecule has 2 bridgehead atoms. The van der Waals surface area contributed by atoms with Gasteiger partial charge in [0.2, 0.25) is 0 Å². The number of ketones is 1. The predicted octanol–water partition coefficient (Wildman–Crippen LogP) is 1.00. The molecule has 1 heterocycles. The van der Waals surface area contributed by atoms with Crippen LogP contribution in [0.15, 0.2) is 0 Å². The van der Waals surface area contributed by atoms with E-state index in [-0.39, 0.29) is 5.60 Å². The minimum Gasteiger partial charge on any atom is -0.367 e. The van der Waals surface area contributed by atoms with E-state index < -0.39 is 0 Å². The summed E-state index contributed by atoms with van der Waals surface area (Å²) in [5.74, 6) is 2.19. The lowest BCUT2D eigenvalue weighted by molar-refractivity contribution is -0.138. The third-order valence-electron chi connectivity index (χ3n) is 3.57. The van der Waals surface area contributed by atoms with Crippen molar-refractivity contribution in [2.24, 2.45) is 17.8 Å². The normalized spacial score (nSPS) is 59.4. The van der Waals surface area contributed by atoms with E-state index in [0.717, 1.165) is 19.4 Å². The zero-order valence-corrected chi connectivity index (χ0v) is 6.67. The van der Waals surface area contributed by atoms with Crippen molar-refractivity contribution in [3.63, 3.8) is 0 Å². The molecule has 1 saturated heterocycles. The second-order valence-corrected chi connectivity index (χ2v) is 4.38. The van der Waals surface area contributed by atoms with Gasteiger partial charge in [-0.3, -0.25) is 4.79 Å². The Morgan fingerprint density at radius 2 is 2.45 bits per heavy atom. The highest BCUT2D eigenvalue weighted by Crippen LogP contribution is 2.57. The maximum Gasteiger partial charge on any atom is 0.167 e. The minimum absolute atomic E-state index is 0.373. The molecule has 0 aromatic rings. The van der Waals surface area contributed by atoms with E-state index >= 15 is 0 Å². The van der Waals surface area contributed by atoms with E-state index in [0.29, 0.717) is 23.5 Å². The molecule has 3 aliphatic rings. The molecule has 3 rings (SSSR count). The van der Waals surface area contributed by atoms with Crippen molar-refractivity contribution in [1.29, 1.82) is 0 Å². The van der Waals surface area contributed by atoms with Crippen molar-refractivity contribution in [2.75, 3.05) is 6.61 Å². The van der Waals surface area contributed by atoms with Crippen LogP contribution >= 0.6 is 0 Å². The topological polar surface area (TPSA) is 26.3 Å². The molecule has 0 amide bonds. The second-order valence-electron chi connectivity index (χ2n) is 4.38. The van der Waals surface area contributed by atoms with Crippen LogP contribution in [-0.4, -0.2) is 18.0 Å². The Bertz CT molecular complexity index is 236. The Labute approximate surface area is 65.9 Å². The van der Waals surface area contributed by atoms with Gasteiger partial charge in [-0.1, -0.05) is 0 Å². The van der Waals surface area contributed by atoms with Crippen molar-refractivity contribution < 1.29 is 9.53 Å². The maximum atomic E-state index is 11.6. The van der Waals surface area contributed by atoms with Gasteiger partial charge in [-0.15, -0.1) is 0 Å². The average molecular weight is 152 g/mol. The van der Waals surface area contributed by atoms with E-state index in [2.05, 4.69) is 0 Å². The van der Waals surface area contributed by atoms with Gasteiger partial charge in [-0.25, -0.2) is 0 Å². The molecular weight excluding hydrogens is 140 g/mol. The molecule has 60 valence electrons. The lowest BCUT2D eigenvalue weighted by Crippen LogP contribution is -2.38. The van der Waals surface area contributed by atoms with Gasteiger partial charge < -0.3 is 4.74 Å². The molecule has 0 aromatic carbocycles. The van der Waals surface area contributed by atoms with E-state index in [1.54, 1.807) is 0 Å².